The third-order valence-electron chi connectivity index (χ3n) is 8.46. The number of aliphatic hydroxyl groups is 1. The molecule has 0 saturated carbocycles. The van der Waals surface area contributed by atoms with Crippen LogP contribution in [0.2, 0.25) is 5.02 Å². The lowest BCUT2D eigenvalue weighted by Crippen LogP contribution is -2.60. The molecular weight excluding hydrogens is 588 g/mol. The van der Waals surface area contributed by atoms with E-state index in [0.29, 0.717) is 23.6 Å². The van der Waals surface area contributed by atoms with Crippen LogP contribution in [0.1, 0.15) is 32.3 Å². The van der Waals surface area contributed by atoms with Crippen molar-refractivity contribution in [3.63, 3.8) is 0 Å². The van der Waals surface area contributed by atoms with Crippen LogP contribution in [0.5, 0.6) is 0 Å². The zero-order valence-electron chi connectivity index (χ0n) is 22.5. The van der Waals surface area contributed by atoms with E-state index in [9.17, 15) is 19.5 Å². The van der Waals surface area contributed by atoms with Crippen molar-refractivity contribution < 1.29 is 29.0 Å². The van der Waals surface area contributed by atoms with Crippen molar-refractivity contribution in [2.45, 2.75) is 62.2 Å². The first-order valence-electron chi connectivity index (χ1n) is 13.3. The van der Waals surface area contributed by atoms with E-state index in [4.69, 9.17) is 21.1 Å². The van der Waals surface area contributed by atoms with Gasteiger partial charge in [0.25, 0.3) is 5.91 Å². The third kappa shape index (κ3) is 4.75. The van der Waals surface area contributed by atoms with Crippen LogP contribution >= 0.6 is 27.5 Å². The third-order valence-corrected chi connectivity index (χ3v) is 9.61. The number of esters is 1. The van der Waals surface area contributed by atoms with Crippen molar-refractivity contribution in [2.75, 3.05) is 24.7 Å². The highest BCUT2D eigenvalue weighted by atomic mass is 79.9. The number of fused-ring (bicyclic) bond motifs is 1. The quantitative estimate of drug-likeness (QED) is 0.227. The molecule has 0 aromatic heterocycles. The van der Waals surface area contributed by atoms with Crippen molar-refractivity contribution in [1.82, 2.24) is 4.90 Å². The number of hydrogen-bond donors (Lipinski definition) is 1. The largest absolute Gasteiger partial charge is 0.461 e. The first-order chi connectivity index (χ1) is 18.6. The van der Waals surface area contributed by atoms with Gasteiger partial charge in [-0.15, -0.1) is 6.58 Å². The average Bonchev–Trinajstić information content (AvgIpc) is 3.50. The summed E-state index contributed by atoms with van der Waals surface area (Å²) in [6.07, 6.45) is 3.44. The predicted molar refractivity (Wildman–Crippen MR) is 153 cm³/mol. The number of likely N-dealkylation sites (tertiary alicyclic amines) is 1. The van der Waals surface area contributed by atoms with Gasteiger partial charge < -0.3 is 24.4 Å². The van der Waals surface area contributed by atoms with Crippen molar-refractivity contribution in [2.24, 2.45) is 17.8 Å². The maximum atomic E-state index is 14.7. The van der Waals surface area contributed by atoms with Crippen LogP contribution in [0, 0.1) is 24.7 Å². The molecule has 2 bridgehead atoms. The Labute approximate surface area is 243 Å². The summed E-state index contributed by atoms with van der Waals surface area (Å²) in [4.78, 5) is 45.1. The topological polar surface area (TPSA) is 96.4 Å². The Bertz CT molecular complexity index is 1140. The molecule has 3 aliphatic rings. The number of ether oxygens (including phenoxy) is 2. The Morgan fingerprint density at radius 3 is 2.69 bits per heavy atom. The maximum Gasteiger partial charge on any atom is 0.312 e. The highest BCUT2D eigenvalue weighted by Gasteiger charge is 2.77. The number of rotatable bonds is 11. The highest BCUT2D eigenvalue weighted by molar-refractivity contribution is 9.09. The summed E-state index contributed by atoms with van der Waals surface area (Å²) in [6, 6.07) is 3.62. The van der Waals surface area contributed by atoms with Crippen molar-refractivity contribution >= 4 is 51.0 Å². The van der Waals surface area contributed by atoms with E-state index in [0.717, 1.165) is 5.56 Å². The Morgan fingerprint density at radius 2 is 2.10 bits per heavy atom. The van der Waals surface area contributed by atoms with Gasteiger partial charge in [-0.1, -0.05) is 78.7 Å². The average molecular weight is 624 g/mol. The van der Waals surface area contributed by atoms with E-state index >= 15 is 0 Å². The normalized spacial score (nSPS) is 30.6. The van der Waals surface area contributed by atoms with E-state index in [1.807, 2.05) is 26.8 Å². The number of carbonyl (C=O) groups excluding carboxylic acids is 3. The molecule has 3 heterocycles. The summed E-state index contributed by atoms with van der Waals surface area (Å²) >= 11 is 10.3. The van der Waals surface area contributed by atoms with Gasteiger partial charge in [0.2, 0.25) is 5.91 Å². The van der Waals surface area contributed by atoms with Crippen LogP contribution in [0.25, 0.3) is 0 Å². The van der Waals surface area contributed by atoms with E-state index < -0.39 is 47.5 Å². The molecule has 8 nitrogen and oxygen atoms in total. The van der Waals surface area contributed by atoms with E-state index in [1.165, 1.54) is 15.9 Å². The van der Waals surface area contributed by atoms with Crippen molar-refractivity contribution in [1.29, 1.82) is 0 Å². The van der Waals surface area contributed by atoms with Crippen molar-refractivity contribution in [3.8, 4) is 0 Å². The number of hydrogen-bond acceptors (Lipinski definition) is 6. The molecule has 4 rings (SSSR count). The van der Waals surface area contributed by atoms with Gasteiger partial charge in [0.05, 0.1) is 41.3 Å². The molecule has 1 aromatic rings. The number of amides is 2. The lowest BCUT2D eigenvalue weighted by atomic mass is 9.70. The lowest BCUT2D eigenvalue weighted by molar-refractivity contribution is -0.155. The summed E-state index contributed by atoms with van der Waals surface area (Å²) in [5, 5.41) is 10.9. The van der Waals surface area contributed by atoms with Crippen LogP contribution < -0.4 is 4.90 Å². The van der Waals surface area contributed by atoms with Crippen LogP contribution in [0.3, 0.4) is 0 Å². The summed E-state index contributed by atoms with van der Waals surface area (Å²) in [5.41, 5.74) is 0.00905. The van der Waals surface area contributed by atoms with Crippen LogP contribution in [0.4, 0.5) is 5.69 Å². The van der Waals surface area contributed by atoms with Crippen LogP contribution in [0.15, 0.2) is 43.5 Å². The fraction of sp³-hybridized carbons (Fsp3) is 0.552. The number of para-hydroxylation sites is 1. The standard InChI is InChI=1S/C29H36BrClN2O6/c1-6-12-32(23-17(5)10-9-11-19(23)31)27(36)25-29-14-18(30)24(39-29)21(28(37)38-13-7-2)22(29)26(35)33(25)20(15-34)16(4)8-3/h6-7,9-11,16,18,20-22,24-25,34H,1-2,8,12-15H2,3-5H3/t16-,18?,20-,21+,22-,24+,25?,29?/m0/s1. The number of alkyl halides is 1. The van der Waals surface area contributed by atoms with Crippen LogP contribution in [-0.4, -0.2) is 76.2 Å². The van der Waals surface area contributed by atoms with E-state index in [2.05, 4.69) is 29.1 Å². The molecule has 39 heavy (non-hydrogen) atoms. The molecule has 3 fully saturated rings. The van der Waals surface area contributed by atoms with Gasteiger partial charge in [-0.05, 0) is 30.9 Å². The van der Waals surface area contributed by atoms with E-state index in [1.54, 1.807) is 18.2 Å². The van der Waals surface area contributed by atoms with Crippen LogP contribution in [-0.2, 0) is 23.9 Å². The molecule has 10 heteroatoms. The van der Waals surface area contributed by atoms with Crippen molar-refractivity contribution in [3.05, 3.63) is 54.1 Å². The maximum absolute atomic E-state index is 14.7. The molecule has 2 amide bonds. The molecule has 3 aliphatic heterocycles. The van der Waals surface area contributed by atoms with Gasteiger partial charge in [0.1, 0.15) is 18.2 Å². The minimum atomic E-state index is -1.29. The Kier molecular flexibility index (Phi) is 8.95. The van der Waals surface area contributed by atoms with Gasteiger partial charge >= 0.3 is 5.97 Å². The molecule has 0 aliphatic carbocycles. The number of aryl methyl sites for hydroxylation is 1. The summed E-state index contributed by atoms with van der Waals surface area (Å²) in [7, 11) is 0. The molecule has 3 saturated heterocycles. The molecule has 1 N–H and O–H groups in total. The first-order valence-corrected chi connectivity index (χ1v) is 14.6. The number of benzene rings is 1. The first kappa shape index (κ1) is 29.8. The Morgan fingerprint density at radius 1 is 1.38 bits per heavy atom. The fourth-order valence-corrected chi connectivity index (χ4v) is 7.82. The van der Waals surface area contributed by atoms with Gasteiger partial charge in [-0.2, -0.15) is 0 Å². The molecule has 0 radical (unpaired) electrons. The lowest BCUT2D eigenvalue weighted by Gasteiger charge is -2.41. The van der Waals surface area contributed by atoms with E-state index in [-0.39, 0.29) is 36.4 Å². The Balaban J connectivity index is 1.89. The summed E-state index contributed by atoms with van der Waals surface area (Å²) in [6.45, 7) is 13.0. The fourth-order valence-electron chi connectivity index (χ4n) is 6.56. The second-order valence-corrected chi connectivity index (χ2v) is 12.2. The summed E-state index contributed by atoms with van der Waals surface area (Å²) < 4.78 is 12.0. The molecular formula is C29H36BrClN2O6. The van der Waals surface area contributed by atoms with Gasteiger partial charge in [0.15, 0.2) is 0 Å². The predicted octanol–water partition coefficient (Wildman–Crippen LogP) is 4.05. The smallest absolute Gasteiger partial charge is 0.312 e. The molecule has 212 valence electrons. The molecule has 1 spiro atoms. The summed E-state index contributed by atoms with van der Waals surface area (Å²) in [5.74, 6) is -3.30. The minimum absolute atomic E-state index is 0.0000188. The molecule has 3 unspecified atom stereocenters. The number of halogens is 2. The zero-order chi connectivity index (χ0) is 28.6. The number of anilines is 1. The second-order valence-electron chi connectivity index (χ2n) is 10.6. The highest BCUT2D eigenvalue weighted by Crippen LogP contribution is 2.61. The number of carbonyl (C=O) groups is 3. The van der Waals surface area contributed by atoms with Gasteiger partial charge in [-0.3, -0.25) is 14.4 Å². The second kappa shape index (κ2) is 11.7. The zero-order valence-corrected chi connectivity index (χ0v) is 24.9. The van der Waals surface area contributed by atoms with Gasteiger partial charge in [-0.25, -0.2) is 0 Å². The number of aliphatic hydroxyl groups excluding tert-OH is 1. The number of nitrogens with zero attached hydrogens (tertiary/aromatic N) is 2. The minimum Gasteiger partial charge on any atom is -0.461 e. The Hall–Kier alpha value is -2.20. The monoisotopic (exact) mass is 622 g/mol. The molecule has 8 atom stereocenters. The molecule has 1 aromatic carbocycles. The van der Waals surface area contributed by atoms with Gasteiger partial charge in [0, 0.05) is 11.4 Å². The SMILES string of the molecule is C=CCOC(=O)[C@H]1[C@@H]2OC3(CC2Br)C(C(=O)N(CC=C)c2c(C)cccc2Cl)N([C@@H](CO)[C@@H](C)CC)C(=O)[C@H]13.